The van der Waals surface area contributed by atoms with E-state index in [0.717, 1.165) is 18.0 Å². The van der Waals surface area contributed by atoms with Gasteiger partial charge in [-0.1, -0.05) is 18.2 Å². The van der Waals surface area contributed by atoms with E-state index in [9.17, 15) is 18.0 Å². The van der Waals surface area contributed by atoms with Crippen LogP contribution in [0.3, 0.4) is 0 Å². The highest BCUT2D eigenvalue weighted by atomic mass is 19.4. The third kappa shape index (κ3) is 3.66. The van der Waals surface area contributed by atoms with Crippen LogP contribution in [-0.4, -0.2) is 50.0 Å². The van der Waals surface area contributed by atoms with Crippen molar-refractivity contribution in [1.82, 2.24) is 24.9 Å². The Hall–Kier alpha value is -3.43. The minimum absolute atomic E-state index is 0.0643. The predicted molar refractivity (Wildman–Crippen MR) is 90.9 cm³/mol. The van der Waals surface area contributed by atoms with Crippen molar-refractivity contribution in [3.63, 3.8) is 0 Å². The summed E-state index contributed by atoms with van der Waals surface area (Å²) < 4.78 is 43.6. The number of para-hydroxylation sites is 1. The summed E-state index contributed by atoms with van der Waals surface area (Å²) in [5, 5.41) is 8.25. The zero-order valence-corrected chi connectivity index (χ0v) is 14.4. The second kappa shape index (κ2) is 6.95. The number of carbonyl (C=O) groups is 1. The van der Waals surface area contributed by atoms with Gasteiger partial charge in [-0.3, -0.25) is 9.78 Å². The van der Waals surface area contributed by atoms with Gasteiger partial charge in [-0.25, -0.2) is 0 Å². The molecule has 1 aliphatic heterocycles. The van der Waals surface area contributed by atoms with E-state index in [-0.39, 0.29) is 30.4 Å². The molecule has 1 aliphatic rings. The van der Waals surface area contributed by atoms with Crippen molar-refractivity contribution in [3.8, 4) is 11.4 Å². The smallest absolute Gasteiger partial charge is 0.433 e. The normalized spacial score (nSPS) is 14.6. The van der Waals surface area contributed by atoms with E-state index >= 15 is 0 Å². The highest BCUT2D eigenvalue weighted by Crippen LogP contribution is 2.30. The van der Waals surface area contributed by atoms with Gasteiger partial charge in [0.25, 0.3) is 5.91 Å². The highest BCUT2D eigenvalue weighted by molar-refractivity contribution is 5.92. The fourth-order valence-corrected chi connectivity index (χ4v) is 2.72. The Labute approximate surface area is 157 Å². The van der Waals surface area contributed by atoms with Gasteiger partial charge in [0.1, 0.15) is 17.5 Å². The fourth-order valence-electron chi connectivity index (χ4n) is 2.72. The molecule has 2 aromatic heterocycles. The van der Waals surface area contributed by atoms with Gasteiger partial charge in [0.05, 0.1) is 25.0 Å². The number of likely N-dealkylation sites (tertiary alicyclic amines) is 1. The first-order valence-electron chi connectivity index (χ1n) is 8.37. The summed E-state index contributed by atoms with van der Waals surface area (Å²) in [6.07, 6.45) is -2.51. The first-order valence-corrected chi connectivity index (χ1v) is 8.37. The number of rotatable bonds is 4. The Balaban J connectivity index is 1.36. The van der Waals surface area contributed by atoms with Gasteiger partial charge in [0.2, 0.25) is 0 Å². The largest absolute Gasteiger partial charge is 0.487 e. The van der Waals surface area contributed by atoms with Gasteiger partial charge < -0.3 is 9.64 Å². The van der Waals surface area contributed by atoms with Gasteiger partial charge in [0, 0.05) is 12.3 Å². The molecule has 1 fully saturated rings. The number of benzene rings is 1. The minimum atomic E-state index is -4.54. The highest BCUT2D eigenvalue weighted by Gasteiger charge is 2.36. The quantitative estimate of drug-likeness (QED) is 0.686. The van der Waals surface area contributed by atoms with Crippen molar-refractivity contribution >= 4 is 5.91 Å². The van der Waals surface area contributed by atoms with Gasteiger partial charge in [-0.15, -0.1) is 5.10 Å². The average molecular weight is 389 g/mol. The van der Waals surface area contributed by atoms with Crippen LogP contribution in [0.1, 0.15) is 16.2 Å². The van der Waals surface area contributed by atoms with Crippen LogP contribution in [0, 0.1) is 0 Å². The number of hydrogen-bond donors (Lipinski definition) is 0. The number of halogens is 3. The monoisotopic (exact) mass is 389 g/mol. The minimum Gasteiger partial charge on any atom is -0.487 e. The summed E-state index contributed by atoms with van der Waals surface area (Å²) in [6, 6.07) is 11.3. The Morgan fingerprint density at radius 2 is 1.89 bits per heavy atom. The molecule has 7 nitrogen and oxygen atoms in total. The number of amides is 1. The third-order valence-corrected chi connectivity index (χ3v) is 4.16. The molecule has 1 amide bonds. The van der Waals surface area contributed by atoms with E-state index in [4.69, 9.17) is 4.74 Å². The molecule has 0 bridgehead atoms. The number of hydrogen-bond acceptors (Lipinski definition) is 5. The second-order valence-corrected chi connectivity index (χ2v) is 6.18. The number of pyridine rings is 1. The molecule has 4 rings (SSSR count). The number of carbonyl (C=O) groups excluding carboxylic acids is 1. The predicted octanol–water partition coefficient (Wildman–Crippen LogP) is 2.58. The lowest BCUT2D eigenvalue weighted by Crippen LogP contribution is -2.56. The first kappa shape index (κ1) is 18.0. The molecular weight excluding hydrogens is 375 g/mol. The third-order valence-electron chi connectivity index (χ3n) is 4.16. The van der Waals surface area contributed by atoms with Crippen LogP contribution in [0.25, 0.3) is 5.69 Å². The zero-order chi connectivity index (χ0) is 19.7. The zero-order valence-electron chi connectivity index (χ0n) is 14.4. The molecule has 0 N–H and O–H groups in total. The van der Waals surface area contributed by atoms with Crippen LogP contribution >= 0.6 is 0 Å². The van der Waals surface area contributed by atoms with Gasteiger partial charge >= 0.3 is 6.18 Å². The summed E-state index contributed by atoms with van der Waals surface area (Å²) in [4.78, 5) is 18.6. The van der Waals surface area contributed by atoms with E-state index < -0.39 is 18.0 Å². The molecule has 0 spiro atoms. The molecular formula is C18H14F3N5O2. The molecule has 0 atom stereocenters. The number of aromatic nitrogens is 4. The summed E-state index contributed by atoms with van der Waals surface area (Å²) in [6.45, 7) is 0.501. The van der Waals surface area contributed by atoms with Crippen LogP contribution in [0.15, 0.2) is 54.9 Å². The maximum atomic E-state index is 12.7. The molecule has 0 aliphatic carbocycles. The lowest BCUT2D eigenvalue weighted by atomic mass is 10.1. The van der Waals surface area contributed by atoms with Crippen LogP contribution in [0.2, 0.25) is 0 Å². The Morgan fingerprint density at radius 1 is 1.14 bits per heavy atom. The summed E-state index contributed by atoms with van der Waals surface area (Å²) in [5.41, 5.74) is -0.107. The molecule has 3 aromatic rings. The molecule has 0 saturated carbocycles. The van der Waals surface area contributed by atoms with Crippen LogP contribution in [0.5, 0.6) is 5.75 Å². The fraction of sp³-hybridized carbons (Fsp3) is 0.222. The van der Waals surface area contributed by atoms with Crippen molar-refractivity contribution in [2.24, 2.45) is 0 Å². The molecule has 3 heterocycles. The van der Waals surface area contributed by atoms with E-state index in [1.165, 1.54) is 22.0 Å². The maximum absolute atomic E-state index is 12.7. The van der Waals surface area contributed by atoms with E-state index in [2.05, 4.69) is 15.2 Å². The Morgan fingerprint density at radius 3 is 2.61 bits per heavy atom. The molecule has 1 saturated heterocycles. The standard InChI is InChI=1S/C18H14F3N5O2/c19-18(20,21)16-8-13(6-7-22-16)28-14-10-25(11-14)17(27)15-9-23-26(24-15)12-4-2-1-3-5-12/h1-9,14H,10-11H2. The van der Waals surface area contributed by atoms with E-state index in [1.54, 1.807) is 0 Å². The number of ether oxygens (including phenoxy) is 1. The number of alkyl halides is 3. The van der Waals surface area contributed by atoms with Crippen molar-refractivity contribution in [2.75, 3.05) is 13.1 Å². The lowest BCUT2D eigenvalue weighted by Gasteiger charge is -2.38. The van der Waals surface area contributed by atoms with Crippen LogP contribution < -0.4 is 4.74 Å². The number of nitrogens with zero attached hydrogens (tertiary/aromatic N) is 5. The van der Waals surface area contributed by atoms with Crippen LogP contribution in [0.4, 0.5) is 13.2 Å². The summed E-state index contributed by atoms with van der Waals surface area (Å²) in [7, 11) is 0. The van der Waals surface area contributed by atoms with Crippen LogP contribution in [-0.2, 0) is 6.18 Å². The molecule has 0 unspecified atom stereocenters. The lowest BCUT2D eigenvalue weighted by molar-refractivity contribution is -0.141. The first-order chi connectivity index (χ1) is 13.4. The second-order valence-electron chi connectivity index (χ2n) is 6.18. The molecule has 0 radical (unpaired) electrons. The summed E-state index contributed by atoms with van der Waals surface area (Å²) in [5.74, 6) is -0.248. The topological polar surface area (TPSA) is 73.1 Å². The molecule has 1 aromatic carbocycles. The molecule has 144 valence electrons. The van der Waals surface area contributed by atoms with E-state index in [1.807, 2.05) is 30.3 Å². The van der Waals surface area contributed by atoms with Crippen molar-refractivity contribution < 1.29 is 22.7 Å². The van der Waals surface area contributed by atoms with E-state index in [0.29, 0.717) is 0 Å². The average Bonchev–Trinajstić information content (AvgIpc) is 3.14. The summed E-state index contributed by atoms with van der Waals surface area (Å²) >= 11 is 0. The maximum Gasteiger partial charge on any atom is 0.433 e. The van der Waals surface area contributed by atoms with Gasteiger partial charge in [0.15, 0.2) is 5.69 Å². The SMILES string of the molecule is O=C(c1cnn(-c2ccccc2)n1)N1CC(Oc2ccnc(C(F)(F)F)c2)C1. The molecule has 10 heteroatoms. The van der Waals surface area contributed by atoms with Gasteiger partial charge in [-0.05, 0) is 18.2 Å². The van der Waals surface area contributed by atoms with Gasteiger partial charge in [-0.2, -0.15) is 23.1 Å². The van der Waals surface area contributed by atoms with Crippen molar-refractivity contribution in [3.05, 3.63) is 66.2 Å². The molecule has 28 heavy (non-hydrogen) atoms. The van der Waals surface area contributed by atoms with Crippen molar-refractivity contribution in [1.29, 1.82) is 0 Å². The Kier molecular flexibility index (Phi) is 4.46. The Bertz CT molecular complexity index is 984. The van der Waals surface area contributed by atoms with Crippen molar-refractivity contribution in [2.45, 2.75) is 12.3 Å².